The molecule has 0 bridgehead atoms. The van der Waals surface area contributed by atoms with Crippen LogP contribution in [0.15, 0.2) is 18.2 Å². The van der Waals surface area contributed by atoms with Gasteiger partial charge in [0.2, 0.25) is 0 Å². The summed E-state index contributed by atoms with van der Waals surface area (Å²) in [5.74, 6) is -1.60. The van der Waals surface area contributed by atoms with E-state index in [4.69, 9.17) is 10.2 Å². The molecule has 0 aromatic heterocycles. The third-order valence-corrected chi connectivity index (χ3v) is 2.97. The van der Waals surface area contributed by atoms with Gasteiger partial charge in [0.1, 0.15) is 0 Å². The Labute approximate surface area is 120 Å². The summed E-state index contributed by atoms with van der Waals surface area (Å²) in [6.45, 7) is 0.633. The molecule has 1 aromatic carbocycles. The first-order valence-electron chi connectivity index (χ1n) is 6.65. The van der Waals surface area contributed by atoms with Crippen molar-refractivity contribution in [3.63, 3.8) is 0 Å². The minimum Gasteiger partial charge on any atom is -0.478 e. The van der Waals surface area contributed by atoms with Crippen molar-refractivity contribution in [2.75, 3.05) is 18.5 Å². The summed E-state index contributed by atoms with van der Waals surface area (Å²) in [6, 6.07) is 3.10. The van der Waals surface area contributed by atoms with Crippen LogP contribution in [0.5, 0.6) is 0 Å². The zero-order chi connectivity index (χ0) is 15.9. The van der Waals surface area contributed by atoms with E-state index in [9.17, 15) is 18.0 Å². The SMILES string of the molecule is O=C(O)c1ccc(NCCCCCCO)cc1C(F)(F)F. The molecule has 0 amide bonds. The van der Waals surface area contributed by atoms with E-state index in [0.717, 1.165) is 31.4 Å². The summed E-state index contributed by atoms with van der Waals surface area (Å²) >= 11 is 0. The number of halogens is 3. The van der Waals surface area contributed by atoms with Crippen molar-refractivity contribution < 1.29 is 28.2 Å². The lowest BCUT2D eigenvalue weighted by atomic mass is 10.1. The van der Waals surface area contributed by atoms with Crippen molar-refractivity contribution in [2.24, 2.45) is 0 Å². The number of nitrogens with one attached hydrogen (secondary N) is 1. The second-order valence-corrected chi connectivity index (χ2v) is 4.63. The van der Waals surface area contributed by atoms with Crippen LogP contribution in [0, 0.1) is 0 Å². The fourth-order valence-corrected chi connectivity index (χ4v) is 1.90. The predicted molar refractivity (Wildman–Crippen MR) is 72.4 cm³/mol. The number of aliphatic hydroxyl groups is 1. The fraction of sp³-hybridized carbons (Fsp3) is 0.500. The zero-order valence-electron chi connectivity index (χ0n) is 11.4. The van der Waals surface area contributed by atoms with Gasteiger partial charge >= 0.3 is 12.1 Å². The minimum atomic E-state index is -4.70. The van der Waals surface area contributed by atoms with E-state index in [1.54, 1.807) is 0 Å². The van der Waals surface area contributed by atoms with Crippen LogP contribution in [0.25, 0.3) is 0 Å². The number of carboxylic acids is 1. The molecule has 1 rings (SSSR count). The number of aliphatic hydroxyl groups excluding tert-OH is 1. The van der Waals surface area contributed by atoms with Gasteiger partial charge in [0.25, 0.3) is 0 Å². The number of carbonyl (C=O) groups is 1. The predicted octanol–water partition coefficient (Wildman–Crippen LogP) is 3.37. The number of hydrogen-bond acceptors (Lipinski definition) is 3. The summed E-state index contributed by atoms with van der Waals surface area (Å²) < 4.78 is 38.4. The van der Waals surface area contributed by atoms with Gasteiger partial charge in [-0.15, -0.1) is 0 Å². The number of anilines is 1. The van der Waals surface area contributed by atoms with E-state index in [0.29, 0.717) is 13.0 Å². The van der Waals surface area contributed by atoms with E-state index < -0.39 is 23.3 Å². The molecule has 0 aliphatic rings. The van der Waals surface area contributed by atoms with E-state index in [1.807, 2.05) is 0 Å². The number of aromatic carboxylic acids is 1. The monoisotopic (exact) mass is 305 g/mol. The maximum Gasteiger partial charge on any atom is 0.417 e. The summed E-state index contributed by atoms with van der Waals surface area (Å²) in [4.78, 5) is 10.8. The standard InChI is InChI=1S/C14H18F3NO3/c15-14(16,17)12-9-10(5-6-11(12)13(20)21)18-7-3-1-2-4-8-19/h5-6,9,18-19H,1-4,7-8H2,(H,20,21). The van der Waals surface area contributed by atoms with Gasteiger partial charge < -0.3 is 15.5 Å². The molecule has 118 valence electrons. The molecule has 0 spiro atoms. The maximum absolute atomic E-state index is 12.8. The highest BCUT2D eigenvalue weighted by Gasteiger charge is 2.35. The molecular formula is C14H18F3NO3. The average Bonchev–Trinajstić information content (AvgIpc) is 2.41. The van der Waals surface area contributed by atoms with Gasteiger partial charge in [-0.05, 0) is 31.0 Å². The Morgan fingerprint density at radius 1 is 1.14 bits per heavy atom. The van der Waals surface area contributed by atoms with Crippen LogP contribution < -0.4 is 5.32 Å². The van der Waals surface area contributed by atoms with Crippen molar-refractivity contribution in [3.8, 4) is 0 Å². The minimum absolute atomic E-state index is 0.138. The van der Waals surface area contributed by atoms with Crippen molar-refractivity contribution in [3.05, 3.63) is 29.3 Å². The molecule has 0 aliphatic heterocycles. The van der Waals surface area contributed by atoms with Gasteiger partial charge in [0, 0.05) is 18.8 Å². The first-order valence-corrected chi connectivity index (χ1v) is 6.65. The number of hydrogen-bond donors (Lipinski definition) is 3. The van der Waals surface area contributed by atoms with Crippen LogP contribution in [-0.2, 0) is 6.18 Å². The second kappa shape index (κ2) is 7.87. The van der Waals surface area contributed by atoms with Crippen molar-refractivity contribution in [2.45, 2.75) is 31.9 Å². The molecule has 1 aromatic rings. The number of rotatable bonds is 8. The molecule has 0 saturated heterocycles. The van der Waals surface area contributed by atoms with Crippen LogP contribution in [0.1, 0.15) is 41.6 Å². The average molecular weight is 305 g/mol. The molecule has 0 aliphatic carbocycles. The third kappa shape index (κ3) is 5.63. The maximum atomic E-state index is 12.8. The number of benzene rings is 1. The van der Waals surface area contributed by atoms with E-state index >= 15 is 0 Å². The van der Waals surface area contributed by atoms with Crippen molar-refractivity contribution >= 4 is 11.7 Å². The molecule has 0 heterocycles. The van der Waals surface area contributed by atoms with E-state index in [-0.39, 0.29) is 12.3 Å². The fourth-order valence-electron chi connectivity index (χ4n) is 1.90. The molecule has 4 nitrogen and oxygen atoms in total. The van der Waals surface area contributed by atoms with Crippen molar-refractivity contribution in [1.29, 1.82) is 0 Å². The zero-order valence-corrected chi connectivity index (χ0v) is 11.4. The Balaban J connectivity index is 2.66. The van der Waals surface area contributed by atoms with Gasteiger partial charge in [0.15, 0.2) is 0 Å². The molecule has 21 heavy (non-hydrogen) atoms. The molecular weight excluding hydrogens is 287 g/mol. The van der Waals surface area contributed by atoms with Gasteiger partial charge in [-0.1, -0.05) is 12.8 Å². The van der Waals surface area contributed by atoms with Crippen LogP contribution in [-0.4, -0.2) is 29.3 Å². The first kappa shape index (κ1) is 17.3. The molecule has 3 N–H and O–H groups in total. The summed E-state index contributed by atoms with van der Waals surface area (Å²) in [6.07, 6.45) is -1.49. The molecule has 0 fully saturated rings. The quantitative estimate of drug-likeness (QED) is 0.644. The molecule has 0 unspecified atom stereocenters. The van der Waals surface area contributed by atoms with Gasteiger partial charge in [-0.3, -0.25) is 0 Å². The summed E-state index contributed by atoms with van der Waals surface area (Å²) in [5.41, 5.74) is -1.66. The second-order valence-electron chi connectivity index (χ2n) is 4.63. The van der Waals surface area contributed by atoms with Crippen LogP contribution in [0.3, 0.4) is 0 Å². The van der Waals surface area contributed by atoms with Gasteiger partial charge in [-0.25, -0.2) is 4.79 Å². The lowest BCUT2D eigenvalue weighted by Gasteiger charge is -2.13. The van der Waals surface area contributed by atoms with Gasteiger partial charge in [-0.2, -0.15) is 13.2 Å². The van der Waals surface area contributed by atoms with E-state index in [2.05, 4.69) is 5.32 Å². The number of unbranched alkanes of at least 4 members (excludes halogenated alkanes) is 3. The number of carboxylic acid groups (broad SMARTS) is 1. The topological polar surface area (TPSA) is 69.6 Å². The molecule has 7 heteroatoms. The summed E-state index contributed by atoms with van der Waals surface area (Å²) in [5, 5.41) is 20.2. The smallest absolute Gasteiger partial charge is 0.417 e. The Kier molecular flexibility index (Phi) is 6.48. The highest BCUT2D eigenvalue weighted by atomic mass is 19.4. The largest absolute Gasteiger partial charge is 0.478 e. The molecule has 0 radical (unpaired) electrons. The Morgan fingerprint density at radius 2 is 1.81 bits per heavy atom. The Morgan fingerprint density at radius 3 is 2.38 bits per heavy atom. The molecule has 0 atom stereocenters. The lowest BCUT2D eigenvalue weighted by Crippen LogP contribution is -2.14. The van der Waals surface area contributed by atoms with Crippen LogP contribution in [0.2, 0.25) is 0 Å². The number of alkyl halides is 3. The Hall–Kier alpha value is -1.76. The normalized spacial score (nSPS) is 11.4. The van der Waals surface area contributed by atoms with Crippen molar-refractivity contribution in [1.82, 2.24) is 0 Å². The lowest BCUT2D eigenvalue weighted by molar-refractivity contribution is -0.138. The third-order valence-electron chi connectivity index (χ3n) is 2.97. The van der Waals surface area contributed by atoms with Crippen LogP contribution in [0.4, 0.5) is 18.9 Å². The first-order chi connectivity index (χ1) is 9.86. The summed E-state index contributed by atoms with van der Waals surface area (Å²) in [7, 11) is 0. The highest BCUT2D eigenvalue weighted by Crippen LogP contribution is 2.33. The van der Waals surface area contributed by atoms with E-state index in [1.165, 1.54) is 6.07 Å². The highest BCUT2D eigenvalue weighted by molar-refractivity contribution is 5.90. The molecule has 0 saturated carbocycles. The van der Waals surface area contributed by atoms with Gasteiger partial charge in [0.05, 0.1) is 11.1 Å². The van der Waals surface area contributed by atoms with Crippen LogP contribution >= 0.6 is 0 Å². The Bertz CT molecular complexity index is 475.